The van der Waals surface area contributed by atoms with Crippen LogP contribution in [0.4, 0.5) is 0 Å². The van der Waals surface area contributed by atoms with Crippen molar-refractivity contribution in [1.82, 2.24) is 5.43 Å². The van der Waals surface area contributed by atoms with E-state index >= 15 is 0 Å². The minimum absolute atomic E-state index is 0.148. The van der Waals surface area contributed by atoms with Crippen LogP contribution in [-0.4, -0.2) is 7.11 Å². The topological polar surface area (TPSA) is 47.3 Å². The summed E-state index contributed by atoms with van der Waals surface area (Å²) in [6, 6.07) is 13.3. The number of nitrogens with one attached hydrogen (secondary N) is 1. The summed E-state index contributed by atoms with van der Waals surface area (Å²) in [5.74, 6) is 6.47. The van der Waals surface area contributed by atoms with Crippen LogP contribution in [0.25, 0.3) is 0 Å². The normalized spacial score (nSPS) is 12.2. The average molecular weight is 342 g/mol. The van der Waals surface area contributed by atoms with Crippen molar-refractivity contribution < 1.29 is 4.74 Å². The number of benzene rings is 2. The van der Waals surface area contributed by atoms with Crippen LogP contribution < -0.4 is 16.0 Å². The molecule has 1 unspecified atom stereocenters. The van der Waals surface area contributed by atoms with Crippen LogP contribution in [0.15, 0.2) is 46.9 Å². The fraction of sp³-hybridized carbons (Fsp3) is 0.143. The first-order chi connectivity index (χ1) is 9.13. The van der Waals surface area contributed by atoms with Gasteiger partial charge in [0.05, 0.1) is 13.2 Å². The Morgan fingerprint density at radius 2 is 2.00 bits per heavy atom. The van der Waals surface area contributed by atoms with Gasteiger partial charge in [-0.05, 0) is 41.5 Å². The second-order valence-electron chi connectivity index (χ2n) is 4.08. The van der Waals surface area contributed by atoms with Gasteiger partial charge >= 0.3 is 0 Å². The number of hydrazine groups is 1. The minimum atomic E-state index is -0.148. The van der Waals surface area contributed by atoms with Crippen LogP contribution in [0, 0.1) is 0 Å². The molecule has 0 heterocycles. The van der Waals surface area contributed by atoms with Gasteiger partial charge in [0, 0.05) is 9.50 Å². The molecule has 5 heteroatoms. The van der Waals surface area contributed by atoms with Crippen molar-refractivity contribution in [3.63, 3.8) is 0 Å². The second-order valence-corrected chi connectivity index (χ2v) is 5.43. The van der Waals surface area contributed by atoms with E-state index in [2.05, 4.69) is 21.4 Å². The molecule has 3 nitrogen and oxygen atoms in total. The molecule has 0 aliphatic rings. The molecule has 0 aliphatic carbocycles. The third-order valence-electron chi connectivity index (χ3n) is 2.81. The van der Waals surface area contributed by atoms with Crippen molar-refractivity contribution in [2.75, 3.05) is 7.11 Å². The largest absolute Gasteiger partial charge is 0.497 e. The molecule has 0 bridgehead atoms. The first-order valence-electron chi connectivity index (χ1n) is 5.70. The van der Waals surface area contributed by atoms with Crippen LogP contribution in [0.3, 0.4) is 0 Å². The van der Waals surface area contributed by atoms with E-state index in [0.717, 1.165) is 21.3 Å². The van der Waals surface area contributed by atoms with Crippen molar-refractivity contribution in [2.45, 2.75) is 6.04 Å². The monoisotopic (exact) mass is 340 g/mol. The van der Waals surface area contributed by atoms with Crippen molar-refractivity contribution >= 4 is 27.5 Å². The number of ether oxygens (including phenoxy) is 1. The number of nitrogens with two attached hydrogens (primary N) is 1. The molecule has 0 fully saturated rings. The van der Waals surface area contributed by atoms with Crippen molar-refractivity contribution in [3.8, 4) is 5.75 Å². The first-order valence-corrected chi connectivity index (χ1v) is 6.87. The first kappa shape index (κ1) is 14.3. The highest BCUT2D eigenvalue weighted by Crippen LogP contribution is 2.29. The standard InChI is InChI=1S/C14H14BrClN2O/c1-19-13-4-2-3-9(7-13)14(18-17)10-5-11(15)8-12(16)6-10/h2-8,14,18H,17H2,1H3. The van der Waals surface area contributed by atoms with E-state index in [0.29, 0.717) is 5.02 Å². The maximum Gasteiger partial charge on any atom is 0.119 e. The highest BCUT2D eigenvalue weighted by atomic mass is 79.9. The van der Waals surface area contributed by atoms with Gasteiger partial charge in [-0.2, -0.15) is 0 Å². The average Bonchev–Trinajstić information content (AvgIpc) is 2.39. The van der Waals surface area contributed by atoms with Crippen LogP contribution in [0.1, 0.15) is 17.2 Å². The molecular formula is C14H14BrClN2O. The van der Waals surface area contributed by atoms with Gasteiger partial charge in [0.25, 0.3) is 0 Å². The summed E-state index contributed by atoms with van der Waals surface area (Å²) in [5.41, 5.74) is 4.80. The summed E-state index contributed by atoms with van der Waals surface area (Å²) < 4.78 is 6.14. The highest BCUT2D eigenvalue weighted by Gasteiger charge is 2.14. The molecule has 19 heavy (non-hydrogen) atoms. The zero-order valence-corrected chi connectivity index (χ0v) is 12.7. The Kier molecular flexibility index (Phi) is 4.82. The maximum absolute atomic E-state index is 6.07. The molecule has 0 saturated carbocycles. The number of hydrogen-bond donors (Lipinski definition) is 2. The van der Waals surface area contributed by atoms with Crippen LogP contribution in [0.2, 0.25) is 5.02 Å². The number of rotatable bonds is 4. The summed E-state index contributed by atoms with van der Waals surface area (Å²) in [4.78, 5) is 0. The van der Waals surface area contributed by atoms with Crippen LogP contribution >= 0.6 is 27.5 Å². The predicted octanol–water partition coefficient (Wildman–Crippen LogP) is 3.66. The van der Waals surface area contributed by atoms with E-state index in [1.54, 1.807) is 7.11 Å². The second kappa shape index (κ2) is 6.39. The Labute approximate surface area is 125 Å². The Morgan fingerprint density at radius 3 is 2.63 bits per heavy atom. The zero-order valence-electron chi connectivity index (χ0n) is 10.4. The number of hydrogen-bond acceptors (Lipinski definition) is 3. The molecule has 2 aromatic carbocycles. The van der Waals surface area contributed by atoms with E-state index in [1.165, 1.54) is 0 Å². The van der Waals surface area contributed by atoms with Crippen molar-refractivity contribution in [1.29, 1.82) is 0 Å². The van der Waals surface area contributed by atoms with Gasteiger partial charge in [0.1, 0.15) is 5.75 Å². The number of methoxy groups -OCH3 is 1. The molecule has 0 radical (unpaired) electrons. The summed E-state index contributed by atoms with van der Waals surface area (Å²) >= 11 is 9.51. The summed E-state index contributed by atoms with van der Waals surface area (Å²) in [6.07, 6.45) is 0. The Morgan fingerprint density at radius 1 is 1.21 bits per heavy atom. The van der Waals surface area contributed by atoms with E-state index < -0.39 is 0 Å². The lowest BCUT2D eigenvalue weighted by atomic mass is 9.99. The third kappa shape index (κ3) is 3.48. The minimum Gasteiger partial charge on any atom is -0.497 e. The maximum atomic E-state index is 6.07. The number of halogens is 2. The molecule has 0 aliphatic heterocycles. The van der Waals surface area contributed by atoms with Gasteiger partial charge in [-0.3, -0.25) is 5.84 Å². The zero-order chi connectivity index (χ0) is 13.8. The molecule has 0 saturated heterocycles. The highest BCUT2D eigenvalue weighted by molar-refractivity contribution is 9.10. The van der Waals surface area contributed by atoms with Gasteiger partial charge in [-0.25, -0.2) is 5.43 Å². The molecule has 3 N–H and O–H groups in total. The van der Waals surface area contributed by atoms with Gasteiger partial charge < -0.3 is 4.74 Å². The summed E-state index contributed by atoms with van der Waals surface area (Å²) in [6.45, 7) is 0. The summed E-state index contributed by atoms with van der Waals surface area (Å²) in [5, 5.41) is 0.660. The van der Waals surface area contributed by atoms with E-state index in [-0.39, 0.29) is 6.04 Å². The Balaban J connectivity index is 2.43. The van der Waals surface area contributed by atoms with Crippen molar-refractivity contribution in [3.05, 3.63) is 63.1 Å². The fourth-order valence-electron chi connectivity index (χ4n) is 1.95. The molecule has 0 amide bonds. The molecule has 100 valence electrons. The van der Waals surface area contributed by atoms with E-state index in [4.69, 9.17) is 22.2 Å². The van der Waals surface area contributed by atoms with Crippen molar-refractivity contribution in [2.24, 2.45) is 5.84 Å². The SMILES string of the molecule is COc1cccc(C(NN)c2cc(Cl)cc(Br)c2)c1. The van der Waals surface area contributed by atoms with E-state index in [9.17, 15) is 0 Å². The smallest absolute Gasteiger partial charge is 0.119 e. The van der Waals surface area contributed by atoms with Gasteiger partial charge in [-0.1, -0.05) is 39.7 Å². The Bertz CT molecular complexity index is 557. The molecule has 0 spiro atoms. The van der Waals surface area contributed by atoms with Gasteiger partial charge in [0.2, 0.25) is 0 Å². The van der Waals surface area contributed by atoms with Gasteiger partial charge in [-0.15, -0.1) is 0 Å². The molecule has 1 atom stereocenters. The lowest BCUT2D eigenvalue weighted by Crippen LogP contribution is -2.28. The fourth-order valence-corrected chi connectivity index (χ4v) is 2.83. The predicted molar refractivity (Wildman–Crippen MR) is 81.3 cm³/mol. The summed E-state index contributed by atoms with van der Waals surface area (Å²) in [7, 11) is 1.64. The third-order valence-corrected chi connectivity index (χ3v) is 3.49. The quantitative estimate of drug-likeness (QED) is 0.659. The molecule has 2 aromatic rings. The molecule has 0 aromatic heterocycles. The lowest BCUT2D eigenvalue weighted by Gasteiger charge is -2.18. The Hall–Kier alpha value is -1.07. The lowest BCUT2D eigenvalue weighted by molar-refractivity contribution is 0.413. The molecule has 2 rings (SSSR count). The van der Waals surface area contributed by atoms with Crippen LogP contribution in [-0.2, 0) is 0 Å². The van der Waals surface area contributed by atoms with Gasteiger partial charge in [0.15, 0.2) is 0 Å². The van der Waals surface area contributed by atoms with Crippen LogP contribution in [0.5, 0.6) is 5.75 Å². The molecular weight excluding hydrogens is 328 g/mol. The van der Waals surface area contributed by atoms with E-state index in [1.807, 2.05) is 42.5 Å².